The second-order valence-electron chi connectivity index (χ2n) is 4.78. The number of anilines is 1. The Labute approximate surface area is 103 Å². The molecule has 2 rings (SSSR count). The highest BCUT2D eigenvalue weighted by molar-refractivity contribution is 7.93. The molecule has 1 aliphatic carbocycles. The second kappa shape index (κ2) is 5.08. The van der Waals surface area contributed by atoms with Crippen LogP contribution in [0.15, 0.2) is 24.3 Å². The fourth-order valence-electron chi connectivity index (χ4n) is 2.33. The largest absolute Gasteiger partial charge is 0.283 e. The van der Waals surface area contributed by atoms with Gasteiger partial charge in [0.2, 0.25) is 10.0 Å². The monoisotopic (exact) mass is 253 g/mol. The van der Waals surface area contributed by atoms with Crippen LogP contribution in [0.4, 0.5) is 5.69 Å². The lowest BCUT2D eigenvalue weighted by molar-refractivity contribution is 0.486. The van der Waals surface area contributed by atoms with Gasteiger partial charge < -0.3 is 0 Å². The molecule has 1 N–H and O–H groups in total. The molecule has 0 heterocycles. The predicted octanol–water partition coefficient (Wildman–Crippen LogP) is 3.07. The smallest absolute Gasteiger partial charge is 0.235 e. The molecule has 0 unspecified atom stereocenters. The van der Waals surface area contributed by atoms with Gasteiger partial charge in [0.1, 0.15) is 0 Å². The molecule has 0 radical (unpaired) electrons. The first-order chi connectivity index (χ1) is 8.08. The average molecular weight is 253 g/mol. The first-order valence-corrected chi connectivity index (χ1v) is 7.71. The van der Waals surface area contributed by atoms with Gasteiger partial charge in [-0.3, -0.25) is 4.72 Å². The van der Waals surface area contributed by atoms with Gasteiger partial charge in [-0.25, -0.2) is 8.42 Å². The molecule has 17 heavy (non-hydrogen) atoms. The lowest BCUT2D eigenvalue weighted by Crippen LogP contribution is -2.29. The van der Waals surface area contributed by atoms with Crippen molar-refractivity contribution in [3.63, 3.8) is 0 Å². The van der Waals surface area contributed by atoms with Crippen molar-refractivity contribution < 1.29 is 8.42 Å². The van der Waals surface area contributed by atoms with Crippen molar-refractivity contribution in [3.8, 4) is 0 Å². The third-order valence-corrected chi connectivity index (χ3v) is 5.14. The maximum Gasteiger partial charge on any atom is 0.235 e. The molecule has 0 saturated heterocycles. The zero-order valence-corrected chi connectivity index (χ0v) is 11.0. The summed E-state index contributed by atoms with van der Waals surface area (Å²) in [6.45, 7) is 1.96. The topological polar surface area (TPSA) is 46.2 Å². The first kappa shape index (κ1) is 12.4. The molecule has 0 aliphatic heterocycles. The Balaban J connectivity index is 2.11. The van der Waals surface area contributed by atoms with Crippen molar-refractivity contribution in [2.75, 3.05) is 4.72 Å². The number of nitrogens with one attached hydrogen (secondary N) is 1. The van der Waals surface area contributed by atoms with E-state index in [2.05, 4.69) is 4.72 Å². The van der Waals surface area contributed by atoms with Crippen LogP contribution in [0.2, 0.25) is 0 Å². The van der Waals surface area contributed by atoms with E-state index in [1.165, 1.54) is 0 Å². The quantitative estimate of drug-likeness (QED) is 0.899. The number of aryl methyl sites for hydroxylation is 1. The van der Waals surface area contributed by atoms with Gasteiger partial charge in [0.25, 0.3) is 0 Å². The maximum absolute atomic E-state index is 12.2. The molecule has 4 heteroatoms. The molecule has 0 amide bonds. The van der Waals surface area contributed by atoms with E-state index in [1.54, 1.807) is 6.07 Å². The number of rotatable bonds is 3. The van der Waals surface area contributed by atoms with Gasteiger partial charge >= 0.3 is 0 Å². The molecule has 1 aromatic rings. The third-order valence-electron chi connectivity index (χ3n) is 3.27. The van der Waals surface area contributed by atoms with E-state index in [0.29, 0.717) is 5.69 Å². The van der Waals surface area contributed by atoms with E-state index < -0.39 is 10.0 Å². The molecule has 0 atom stereocenters. The minimum atomic E-state index is -3.20. The van der Waals surface area contributed by atoms with Crippen LogP contribution in [0.25, 0.3) is 0 Å². The van der Waals surface area contributed by atoms with Crippen molar-refractivity contribution >= 4 is 15.7 Å². The minimum Gasteiger partial charge on any atom is -0.283 e. The highest BCUT2D eigenvalue weighted by Gasteiger charge is 2.26. The van der Waals surface area contributed by atoms with Gasteiger partial charge in [0, 0.05) is 5.69 Å². The molecule has 0 bridgehead atoms. The lowest BCUT2D eigenvalue weighted by atomic mass is 10.0. The molecule has 0 aromatic heterocycles. The Morgan fingerprint density at radius 3 is 2.53 bits per heavy atom. The van der Waals surface area contributed by atoms with Crippen LogP contribution in [0, 0.1) is 6.92 Å². The first-order valence-electron chi connectivity index (χ1n) is 6.16. The summed E-state index contributed by atoms with van der Waals surface area (Å²) in [5.74, 6) is 0. The van der Waals surface area contributed by atoms with E-state index >= 15 is 0 Å². The lowest BCUT2D eigenvalue weighted by Gasteiger charge is -2.22. The molecule has 1 aromatic carbocycles. The Bertz CT molecular complexity index is 476. The SMILES string of the molecule is Cc1cccc(NS(=O)(=O)C2CCCCC2)c1. The van der Waals surface area contributed by atoms with E-state index in [9.17, 15) is 8.42 Å². The molecule has 3 nitrogen and oxygen atoms in total. The molecule has 1 fully saturated rings. The Morgan fingerprint density at radius 1 is 1.18 bits per heavy atom. The van der Waals surface area contributed by atoms with Crippen LogP contribution in [0.3, 0.4) is 0 Å². The van der Waals surface area contributed by atoms with Crippen LogP contribution in [0.5, 0.6) is 0 Å². The van der Waals surface area contributed by atoms with Crippen molar-refractivity contribution in [2.24, 2.45) is 0 Å². The van der Waals surface area contributed by atoms with Crippen LogP contribution >= 0.6 is 0 Å². The fourth-order valence-corrected chi connectivity index (χ4v) is 3.91. The number of benzene rings is 1. The summed E-state index contributed by atoms with van der Waals surface area (Å²) >= 11 is 0. The summed E-state index contributed by atoms with van der Waals surface area (Å²) in [7, 11) is -3.20. The Hall–Kier alpha value is -1.03. The van der Waals surface area contributed by atoms with E-state index in [-0.39, 0.29) is 5.25 Å². The molecular formula is C13H19NO2S. The molecular weight excluding hydrogens is 234 g/mol. The summed E-state index contributed by atoms with van der Waals surface area (Å²) in [4.78, 5) is 0. The van der Waals surface area contributed by atoms with Crippen LogP contribution in [-0.2, 0) is 10.0 Å². The van der Waals surface area contributed by atoms with Crippen LogP contribution in [0.1, 0.15) is 37.7 Å². The van der Waals surface area contributed by atoms with Gasteiger partial charge in [-0.1, -0.05) is 31.4 Å². The van der Waals surface area contributed by atoms with E-state index in [4.69, 9.17) is 0 Å². The molecule has 0 spiro atoms. The highest BCUT2D eigenvalue weighted by atomic mass is 32.2. The fraction of sp³-hybridized carbons (Fsp3) is 0.538. The summed E-state index contributed by atoms with van der Waals surface area (Å²) in [6.07, 6.45) is 4.80. The van der Waals surface area contributed by atoms with Crippen molar-refractivity contribution in [3.05, 3.63) is 29.8 Å². The van der Waals surface area contributed by atoms with Gasteiger partial charge in [-0.2, -0.15) is 0 Å². The summed E-state index contributed by atoms with van der Waals surface area (Å²) in [5.41, 5.74) is 1.74. The van der Waals surface area contributed by atoms with Crippen LogP contribution in [-0.4, -0.2) is 13.7 Å². The van der Waals surface area contributed by atoms with Gasteiger partial charge in [0.05, 0.1) is 5.25 Å². The number of sulfonamides is 1. The van der Waals surface area contributed by atoms with Crippen molar-refractivity contribution in [1.82, 2.24) is 0 Å². The Kier molecular flexibility index (Phi) is 3.72. The number of hydrogen-bond donors (Lipinski definition) is 1. The van der Waals surface area contributed by atoms with Gasteiger partial charge in [0.15, 0.2) is 0 Å². The normalized spacial score (nSPS) is 17.9. The zero-order valence-electron chi connectivity index (χ0n) is 10.1. The minimum absolute atomic E-state index is 0.211. The van der Waals surface area contributed by atoms with Crippen molar-refractivity contribution in [2.45, 2.75) is 44.3 Å². The average Bonchev–Trinajstić information content (AvgIpc) is 2.29. The predicted molar refractivity (Wildman–Crippen MR) is 70.6 cm³/mol. The van der Waals surface area contributed by atoms with Crippen LogP contribution < -0.4 is 4.72 Å². The molecule has 94 valence electrons. The standard InChI is InChI=1S/C13H19NO2S/c1-11-6-5-7-12(10-11)14-17(15,16)13-8-3-2-4-9-13/h5-7,10,13-14H,2-4,8-9H2,1H3. The highest BCUT2D eigenvalue weighted by Crippen LogP contribution is 2.25. The summed E-state index contributed by atoms with van der Waals surface area (Å²) < 4.78 is 27.0. The van der Waals surface area contributed by atoms with E-state index in [1.807, 2.05) is 25.1 Å². The summed E-state index contributed by atoms with van der Waals surface area (Å²) in [6, 6.07) is 7.49. The number of hydrogen-bond acceptors (Lipinski definition) is 2. The molecule has 1 saturated carbocycles. The molecule has 1 aliphatic rings. The zero-order chi connectivity index (χ0) is 12.3. The summed E-state index contributed by atoms with van der Waals surface area (Å²) in [5, 5.41) is -0.211. The van der Waals surface area contributed by atoms with Gasteiger partial charge in [-0.15, -0.1) is 0 Å². The van der Waals surface area contributed by atoms with Gasteiger partial charge in [-0.05, 0) is 37.5 Å². The van der Waals surface area contributed by atoms with E-state index in [0.717, 1.165) is 37.7 Å². The van der Waals surface area contributed by atoms with Crippen molar-refractivity contribution in [1.29, 1.82) is 0 Å². The second-order valence-corrected chi connectivity index (χ2v) is 6.74. The maximum atomic E-state index is 12.2. The Morgan fingerprint density at radius 2 is 1.88 bits per heavy atom. The third kappa shape index (κ3) is 3.22.